The third-order valence-corrected chi connectivity index (χ3v) is 2.56. The Balaban J connectivity index is 3.10. The summed E-state index contributed by atoms with van der Waals surface area (Å²) in [5.41, 5.74) is -0.891. The van der Waals surface area contributed by atoms with Gasteiger partial charge in [0.2, 0.25) is 0 Å². The second-order valence-corrected chi connectivity index (χ2v) is 4.09. The number of nitrogens with one attached hydrogen (secondary N) is 1. The van der Waals surface area contributed by atoms with E-state index in [1.54, 1.807) is 0 Å². The summed E-state index contributed by atoms with van der Waals surface area (Å²) in [7, 11) is 1.50. The number of hydrogen-bond acceptors (Lipinski definition) is 2. The van der Waals surface area contributed by atoms with Crippen molar-refractivity contribution >= 4 is 5.78 Å². The Morgan fingerprint density at radius 1 is 1.05 bits per heavy atom. The van der Waals surface area contributed by atoms with Gasteiger partial charge in [-0.3, -0.25) is 4.79 Å². The van der Waals surface area contributed by atoms with Crippen molar-refractivity contribution in [3.05, 3.63) is 35.4 Å². The minimum Gasteiger partial charge on any atom is -0.313 e. The maximum absolute atomic E-state index is 12.5. The van der Waals surface area contributed by atoms with Crippen molar-refractivity contribution in [3.8, 4) is 0 Å². The lowest BCUT2D eigenvalue weighted by Crippen LogP contribution is -2.34. The number of likely N-dealkylation sites (N-methyl/N-ethyl adjacent to an activating group) is 1. The van der Waals surface area contributed by atoms with Crippen molar-refractivity contribution in [3.63, 3.8) is 0 Å². The van der Waals surface area contributed by atoms with Gasteiger partial charge >= 0.3 is 12.4 Å². The molecule has 0 spiro atoms. The van der Waals surface area contributed by atoms with Crippen molar-refractivity contribution in [1.29, 1.82) is 0 Å². The van der Waals surface area contributed by atoms with E-state index in [9.17, 15) is 31.1 Å². The molecule has 0 fully saturated rings. The first-order valence-electron chi connectivity index (χ1n) is 5.48. The second kappa shape index (κ2) is 5.82. The maximum atomic E-state index is 12.5. The maximum Gasteiger partial charge on any atom is 0.404 e. The molecule has 0 saturated heterocycles. The van der Waals surface area contributed by atoms with Crippen LogP contribution in [-0.4, -0.2) is 31.7 Å². The lowest BCUT2D eigenvalue weighted by molar-refractivity contribution is -0.253. The van der Waals surface area contributed by atoms with Crippen molar-refractivity contribution in [2.24, 2.45) is 0 Å². The topological polar surface area (TPSA) is 29.1 Å². The Morgan fingerprint density at radius 2 is 1.50 bits per heavy atom. The van der Waals surface area contributed by atoms with Gasteiger partial charge in [0.15, 0.2) is 11.7 Å². The molecule has 0 amide bonds. The summed E-state index contributed by atoms with van der Waals surface area (Å²) in [6.07, 6.45) is -10.9. The van der Waals surface area contributed by atoms with Gasteiger partial charge in [0.1, 0.15) is 0 Å². The zero-order valence-electron chi connectivity index (χ0n) is 10.3. The minimum absolute atomic E-state index is 0.0474. The normalized spacial score (nSPS) is 12.8. The average molecular weight is 299 g/mol. The van der Waals surface area contributed by atoms with Crippen LogP contribution in [0.2, 0.25) is 0 Å². The average Bonchev–Trinajstić information content (AvgIpc) is 2.26. The first-order valence-corrected chi connectivity index (χ1v) is 5.48. The standard InChI is InChI=1S/C12H11F6NO/c1-19-6-9(20)7-2-4-8(5-3-7)10(11(13,14)15)12(16,17)18/h2-5,10,19H,6H2,1H3. The molecule has 8 heteroatoms. The molecule has 1 N–H and O–H groups in total. The number of carbonyl (C=O) groups excluding carboxylic acids is 1. The van der Waals surface area contributed by atoms with Crippen LogP contribution in [0.1, 0.15) is 21.8 Å². The molecular formula is C12H11F6NO. The number of carbonyl (C=O) groups is 1. The molecule has 0 aromatic heterocycles. The van der Waals surface area contributed by atoms with Gasteiger partial charge in [-0.15, -0.1) is 0 Å². The molecule has 0 bridgehead atoms. The molecular weight excluding hydrogens is 288 g/mol. The molecule has 1 aromatic rings. The van der Waals surface area contributed by atoms with Gasteiger partial charge in [0, 0.05) is 5.56 Å². The Labute approximate surface area is 110 Å². The van der Waals surface area contributed by atoms with E-state index in [2.05, 4.69) is 5.32 Å². The quantitative estimate of drug-likeness (QED) is 0.683. The van der Waals surface area contributed by atoms with Crippen LogP contribution in [0, 0.1) is 0 Å². The number of hydrogen-bond donors (Lipinski definition) is 1. The predicted molar refractivity (Wildman–Crippen MR) is 59.6 cm³/mol. The van der Waals surface area contributed by atoms with Gasteiger partial charge in [-0.2, -0.15) is 26.3 Å². The Morgan fingerprint density at radius 3 is 1.85 bits per heavy atom. The molecule has 0 unspecified atom stereocenters. The zero-order valence-corrected chi connectivity index (χ0v) is 10.3. The first kappa shape index (κ1) is 16.5. The highest BCUT2D eigenvalue weighted by atomic mass is 19.4. The van der Waals surface area contributed by atoms with Crippen LogP contribution < -0.4 is 5.32 Å². The van der Waals surface area contributed by atoms with E-state index in [0.29, 0.717) is 12.1 Å². The Kier molecular flexibility index (Phi) is 4.80. The summed E-state index contributed by atoms with van der Waals surface area (Å²) in [4.78, 5) is 11.4. The predicted octanol–water partition coefficient (Wildman–Crippen LogP) is 3.30. The molecule has 0 heterocycles. The molecule has 112 valence electrons. The number of benzene rings is 1. The highest BCUT2D eigenvalue weighted by molar-refractivity contribution is 5.97. The van der Waals surface area contributed by atoms with E-state index >= 15 is 0 Å². The van der Waals surface area contributed by atoms with Gasteiger partial charge in [0.25, 0.3) is 0 Å². The number of ketones is 1. The van der Waals surface area contributed by atoms with Crippen LogP contribution in [-0.2, 0) is 0 Å². The van der Waals surface area contributed by atoms with Gasteiger partial charge in [0.05, 0.1) is 6.54 Å². The fourth-order valence-electron chi connectivity index (χ4n) is 1.69. The van der Waals surface area contributed by atoms with Crippen molar-refractivity contribution in [2.45, 2.75) is 18.3 Å². The summed E-state index contributed by atoms with van der Waals surface area (Å²) < 4.78 is 74.9. The number of alkyl halides is 6. The molecule has 0 aliphatic rings. The minimum atomic E-state index is -5.44. The van der Waals surface area contributed by atoms with Crippen LogP contribution in [0.4, 0.5) is 26.3 Å². The molecule has 0 atom stereocenters. The summed E-state index contributed by atoms with van der Waals surface area (Å²) in [5, 5.41) is 2.54. The molecule has 0 radical (unpaired) electrons. The monoisotopic (exact) mass is 299 g/mol. The molecule has 1 rings (SSSR count). The van der Waals surface area contributed by atoms with Crippen molar-refractivity contribution in [2.75, 3.05) is 13.6 Å². The molecule has 0 saturated carbocycles. The SMILES string of the molecule is CNCC(=O)c1ccc(C(C(F)(F)F)C(F)(F)F)cc1. The van der Waals surface area contributed by atoms with E-state index in [0.717, 1.165) is 12.1 Å². The van der Waals surface area contributed by atoms with E-state index in [4.69, 9.17) is 0 Å². The first-order chi connectivity index (χ1) is 9.07. The van der Waals surface area contributed by atoms with Crippen LogP contribution in [0.3, 0.4) is 0 Å². The van der Waals surface area contributed by atoms with Gasteiger partial charge in [-0.25, -0.2) is 0 Å². The molecule has 20 heavy (non-hydrogen) atoms. The van der Waals surface area contributed by atoms with Gasteiger partial charge in [-0.05, 0) is 12.6 Å². The molecule has 0 aliphatic carbocycles. The van der Waals surface area contributed by atoms with E-state index in [-0.39, 0.29) is 12.1 Å². The smallest absolute Gasteiger partial charge is 0.313 e. The summed E-state index contributed by atoms with van der Waals surface area (Å²) in [5.74, 6) is -3.97. The Hall–Kier alpha value is -1.57. The lowest BCUT2D eigenvalue weighted by atomic mass is 9.96. The fourth-order valence-corrected chi connectivity index (χ4v) is 1.69. The largest absolute Gasteiger partial charge is 0.404 e. The highest BCUT2D eigenvalue weighted by Crippen LogP contribution is 2.46. The van der Waals surface area contributed by atoms with Crippen LogP contribution in [0.15, 0.2) is 24.3 Å². The lowest BCUT2D eigenvalue weighted by Gasteiger charge is -2.23. The summed E-state index contributed by atoms with van der Waals surface area (Å²) in [6.45, 7) is -0.0542. The third-order valence-electron chi connectivity index (χ3n) is 2.56. The van der Waals surface area contributed by atoms with Gasteiger partial charge < -0.3 is 5.32 Å². The zero-order chi connectivity index (χ0) is 15.6. The van der Waals surface area contributed by atoms with Gasteiger partial charge in [-0.1, -0.05) is 24.3 Å². The highest BCUT2D eigenvalue weighted by Gasteiger charge is 2.57. The fraction of sp³-hybridized carbons (Fsp3) is 0.417. The van der Waals surface area contributed by atoms with Crippen LogP contribution in [0.5, 0.6) is 0 Å². The number of Topliss-reactive ketones (excluding diaryl/α,β-unsaturated/α-hetero) is 1. The molecule has 0 aliphatic heterocycles. The van der Waals surface area contributed by atoms with Crippen LogP contribution in [0.25, 0.3) is 0 Å². The molecule has 2 nitrogen and oxygen atoms in total. The van der Waals surface area contributed by atoms with E-state index < -0.39 is 29.6 Å². The van der Waals surface area contributed by atoms with E-state index in [1.807, 2.05) is 0 Å². The summed E-state index contributed by atoms with van der Waals surface area (Å²) in [6, 6.07) is 3.27. The number of halogens is 6. The second-order valence-electron chi connectivity index (χ2n) is 4.09. The third kappa shape index (κ3) is 3.96. The van der Waals surface area contributed by atoms with E-state index in [1.165, 1.54) is 7.05 Å². The van der Waals surface area contributed by atoms with Crippen molar-refractivity contribution < 1.29 is 31.1 Å². The Bertz CT molecular complexity index is 448. The number of rotatable bonds is 4. The van der Waals surface area contributed by atoms with Crippen LogP contribution >= 0.6 is 0 Å². The van der Waals surface area contributed by atoms with Crippen molar-refractivity contribution in [1.82, 2.24) is 5.32 Å². The summed E-state index contributed by atoms with van der Waals surface area (Å²) >= 11 is 0. The molecule has 1 aromatic carbocycles.